The molecule has 2 aliphatic rings. The Morgan fingerprint density at radius 3 is 2.84 bits per heavy atom. The SMILES string of the molecule is O=C(CC1CS(=O)(=O)CCN1)C1=CCCCCCC1. The standard InChI is InChI=1S/C14H23NO3S/c16-14(12-6-4-2-1-3-5-7-12)10-13-11-19(17,18)9-8-15-13/h6,13,15H,1-5,7-11H2. The lowest BCUT2D eigenvalue weighted by Gasteiger charge is -2.23. The van der Waals surface area contributed by atoms with Crippen molar-refractivity contribution in [3.63, 3.8) is 0 Å². The molecular weight excluding hydrogens is 262 g/mol. The molecule has 1 saturated heterocycles. The number of hydrogen-bond donors (Lipinski definition) is 1. The fraction of sp³-hybridized carbons (Fsp3) is 0.786. The molecule has 0 bridgehead atoms. The van der Waals surface area contributed by atoms with Crippen LogP contribution in [0.15, 0.2) is 11.6 Å². The van der Waals surface area contributed by atoms with Crippen LogP contribution >= 0.6 is 0 Å². The predicted octanol–water partition coefficient (Wildman–Crippen LogP) is 1.61. The number of allylic oxidation sites excluding steroid dienone is 2. The number of hydrogen-bond acceptors (Lipinski definition) is 4. The van der Waals surface area contributed by atoms with Crippen LogP contribution in [0.2, 0.25) is 0 Å². The number of carbonyl (C=O) groups excluding carboxylic acids is 1. The summed E-state index contributed by atoms with van der Waals surface area (Å²) in [6, 6.07) is -0.197. The molecule has 19 heavy (non-hydrogen) atoms. The number of rotatable bonds is 3. The van der Waals surface area contributed by atoms with Crippen molar-refractivity contribution in [2.24, 2.45) is 0 Å². The third-order valence-electron chi connectivity index (χ3n) is 3.88. The molecule has 0 amide bonds. The highest BCUT2D eigenvalue weighted by Crippen LogP contribution is 2.19. The minimum Gasteiger partial charge on any atom is -0.312 e. The van der Waals surface area contributed by atoms with Gasteiger partial charge >= 0.3 is 0 Å². The highest BCUT2D eigenvalue weighted by atomic mass is 32.2. The van der Waals surface area contributed by atoms with Crippen molar-refractivity contribution in [1.82, 2.24) is 5.32 Å². The van der Waals surface area contributed by atoms with Crippen LogP contribution in [-0.2, 0) is 14.6 Å². The van der Waals surface area contributed by atoms with E-state index in [9.17, 15) is 13.2 Å². The molecule has 1 heterocycles. The Balaban J connectivity index is 1.92. The first-order chi connectivity index (χ1) is 9.07. The van der Waals surface area contributed by atoms with Gasteiger partial charge in [0.2, 0.25) is 0 Å². The molecule has 108 valence electrons. The average molecular weight is 285 g/mol. The van der Waals surface area contributed by atoms with Crippen LogP contribution in [0, 0.1) is 0 Å². The van der Waals surface area contributed by atoms with E-state index in [1.165, 1.54) is 12.8 Å². The smallest absolute Gasteiger partial charge is 0.160 e. The van der Waals surface area contributed by atoms with Crippen LogP contribution in [0.1, 0.15) is 44.9 Å². The summed E-state index contributed by atoms with van der Waals surface area (Å²) in [7, 11) is -2.96. The zero-order valence-corrected chi connectivity index (χ0v) is 12.2. The van der Waals surface area contributed by atoms with E-state index in [4.69, 9.17) is 0 Å². The summed E-state index contributed by atoms with van der Waals surface area (Å²) in [5, 5.41) is 3.15. The Bertz CT molecular complexity index is 453. The Morgan fingerprint density at radius 1 is 1.26 bits per heavy atom. The molecule has 0 radical (unpaired) electrons. The van der Waals surface area contributed by atoms with Gasteiger partial charge in [0.1, 0.15) is 0 Å². The van der Waals surface area contributed by atoms with Crippen LogP contribution in [0.3, 0.4) is 0 Å². The Morgan fingerprint density at radius 2 is 2.05 bits per heavy atom. The second-order valence-electron chi connectivity index (χ2n) is 5.57. The fourth-order valence-corrected chi connectivity index (χ4v) is 4.24. The van der Waals surface area contributed by atoms with Crippen LogP contribution in [0.5, 0.6) is 0 Å². The summed E-state index contributed by atoms with van der Waals surface area (Å²) in [6.07, 6.45) is 8.92. The summed E-state index contributed by atoms with van der Waals surface area (Å²) in [6.45, 7) is 0.472. The van der Waals surface area contributed by atoms with Crippen molar-refractivity contribution in [2.45, 2.75) is 51.0 Å². The van der Waals surface area contributed by atoms with E-state index in [-0.39, 0.29) is 23.3 Å². The van der Waals surface area contributed by atoms with Crippen molar-refractivity contribution in [2.75, 3.05) is 18.1 Å². The first kappa shape index (κ1) is 14.7. The molecule has 1 aliphatic carbocycles. The summed E-state index contributed by atoms with van der Waals surface area (Å²) in [5.41, 5.74) is 0.921. The molecule has 1 aliphatic heterocycles. The van der Waals surface area contributed by atoms with Gasteiger partial charge in [-0.05, 0) is 31.3 Å². The maximum Gasteiger partial charge on any atom is 0.160 e. The van der Waals surface area contributed by atoms with Crippen LogP contribution < -0.4 is 5.32 Å². The normalized spacial score (nSPS) is 28.0. The van der Waals surface area contributed by atoms with E-state index in [1.54, 1.807) is 0 Å². The zero-order chi connectivity index (χ0) is 13.7. The Hall–Kier alpha value is -0.680. The molecule has 1 fully saturated rings. The molecular formula is C14H23NO3S. The maximum absolute atomic E-state index is 12.2. The van der Waals surface area contributed by atoms with E-state index >= 15 is 0 Å². The van der Waals surface area contributed by atoms with Crippen molar-refractivity contribution in [3.05, 3.63) is 11.6 Å². The van der Waals surface area contributed by atoms with Gasteiger partial charge in [-0.25, -0.2) is 8.42 Å². The number of nitrogens with one attached hydrogen (secondary N) is 1. The monoisotopic (exact) mass is 285 g/mol. The van der Waals surface area contributed by atoms with Crippen LogP contribution in [0.4, 0.5) is 0 Å². The zero-order valence-electron chi connectivity index (χ0n) is 11.4. The van der Waals surface area contributed by atoms with Crippen molar-refractivity contribution < 1.29 is 13.2 Å². The third kappa shape index (κ3) is 4.73. The van der Waals surface area contributed by atoms with Gasteiger partial charge < -0.3 is 5.32 Å². The van der Waals surface area contributed by atoms with Crippen molar-refractivity contribution in [3.8, 4) is 0 Å². The molecule has 4 nitrogen and oxygen atoms in total. The van der Waals surface area contributed by atoms with Gasteiger partial charge in [0.15, 0.2) is 15.6 Å². The molecule has 0 aromatic heterocycles. The Labute approximate surface area is 115 Å². The molecule has 2 rings (SSSR count). The number of Topliss-reactive ketones (excluding diaryl/α,β-unsaturated/α-hetero) is 1. The van der Waals surface area contributed by atoms with Gasteiger partial charge in [-0.3, -0.25) is 4.79 Å². The molecule has 0 saturated carbocycles. The summed E-state index contributed by atoms with van der Waals surface area (Å²) in [5.74, 6) is 0.434. The van der Waals surface area contributed by atoms with Crippen LogP contribution in [0.25, 0.3) is 0 Å². The lowest BCUT2D eigenvalue weighted by molar-refractivity contribution is -0.116. The Kier molecular flexibility index (Phi) is 5.16. The van der Waals surface area contributed by atoms with E-state index in [2.05, 4.69) is 11.4 Å². The van der Waals surface area contributed by atoms with E-state index in [0.29, 0.717) is 13.0 Å². The largest absolute Gasteiger partial charge is 0.312 e. The maximum atomic E-state index is 12.2. The van der Waals surface area contributed by atoms with Gasteiger partial charge in [-0.1, -0.05) is 18.9 Å². The first-order valence-electron chi connectivity index (χ1n) is 7.23. The molecule has 1 N–H and O–H groups in total. The van der Waals surface area contributed by atoms with Gasteiger partial charge in [0, 0.05) is 19.0 Å². The van der Waals surface area contributed by atoms with E-state index in [0.717, 1.165) is 31.3 Å². The third-order valence-corrected chi connectivity index (χ3v) is 5.62. The molecule has 5 heteroatoms. The molecule has 0 aromatic carbocycles. The van der Waals surface area contributed by atoms with Crippen molar-refractivity contribution >= 4 is 15.6 Å². The summed E-state index contributed by atoms with van der Waals surface area (Å²) >= 11 is 0. The topological polar surface area (TPSA) is 63.2 Å². The van der Waals surface area contributed by atoms with Crippen LogP contribution in [-0.4, -0.2) is 38.3 Å². The minimum absolute atomic E-state index is 0.103. The second-order valence-corrected chi connectivity index (χ2v) is 7.80. The molecule has 0 aromatic rings. The number of sulfone groups is 1. The molecule has 1 atom stereocenters. The lowest BCUT2D eigenvalue weighted by atomic mass is 9.94. The van der Waals surface area contributed by atoms with Crippen molar-refractivity contribution in [1.29, 1.82) is 0 Å². The highest BCUT2D eigenvalue weighted by molar-refractivity contribution is 7.91. The highest BCUT2D eigenvalue weighted by Gasteiger charge is 2.26. The number of carbonyl (C=O) groups is 1. The number of ketones is 1. The molecule has 1 unspecified atom stereocenters. The summed E-state index contributed by atoms with van der Waals surface area (Å²) < 4.78 is 23.1. The van der Waals surface area contributed by atoms with Gasteiger partial charge in [0.25, 0.3) is 0 Å². The van der Waals surface area contributed by atoms with E-state index < -0.39 is 9.84 Å². The van der Waals surface area contributed by atoms with Gasteiger partial charge in [0.05, 0.1) is 11.5 Å². The predicted molar refractivity (Wildman–Crippen MR) is 75.9 cm³/mol. The summed E-state index contributed by atoms with van der Waals surface area (Å²) in [4.78, 5) is 12.2. The fourth-order valence-electron chi connectivity index (χ4n) is 2.80. The van der Waals surface area contributed by atoms with E-state index in [1.807, 2.05) is 0 Å². The quantitative estimate of drug-likeness (QED) is 0.856. The van der Waals surface area contributed by atoms with Gasteiger partial charge in [-0.2, -0.15) is 0 Å². The first-order valence-corrected chi connectivity index (χ1v) is 9.05. The lowest BCUT2D eigenvalue weighted by Crippen LogP contribution is -2.46. The minimum atomic E-state index is -2.96. The second kappa shape index (κ2) is 6.66. The molecule has 0 spiro atoms. The van der Waals surface area contributed by atoms with Gasteiger partial charge in [-0.15, -0.1) is 0 Å². The average Bonchev–Trinajstić information content (AvgIpc) is 2.26.